The van der Waals surface area contributed by atoms with Gasteiger partial charge in [-0.3, -0.25) is 5.32 Å². The van der Waals surface area contributed by atoms with Crippen molar-refractivity contribution < 1.29 is 17.6 Å². The first-order chi connectivity index (χ1) is 12.8. The third kappa shape index (κ3) is 4.54. The lowest BCUT2D eigenvalue weighted by atomic mass is 10.2. The second-order valence-electron chi connectivity index (χ2n) is 5.92. The van der Waals surface area contributed by atoms with E-state index < -0.39 is 22.7 Å². The average molecular weight is 411 g/mol. The second kappa shape index (κ2) is 7.79. The average Bonchev–Trinajstić information content (AvgIpc) is 2.95. The molecule has 8 nitrogen and oxygen atoms in total. The molecule has 0 atom stereocenters. The SMILES string of the molecule is Cc1cc(C)nc(NC(=O)NS(=O)(=O)c2cccc3c2SN(CCF)C3)n1. The van der Waals surface area contributed by atoms with Gasteiger partial charge in [0.2, 0.25) is 5.95 Å². The predicted molar refractivity (Wildman–Crippen MR) is 99.5 cm³/mol. The molecule has 2 heterocycles. The number of nitrogens with zero attached hydrogens (tertiary/aromatic N) is 3. The summed E-state index contributed by atoms with van der Waals surface area (Å²) >= 11 is 1.17. The molecule has 0 spiro atoms. The number of aryl methyl sites for hydroxylation is 2. The maximum absolute atomic E-state index is 12.7. The molecule has 0 bridgehead atoms. The number of alkyl halides is 1. The van der Waals surface area contributed by atoms with Crippen molar-refractivity contribution in [1.29, 1.82) is 0 Å². The molecule has 1 aliphatic rings. The predicted octanol–water partition coefficient (Wildman–Crippen LogP) is 2.40. The smallest absolute Gasteiger partial charge is 0.275 e. The molecule has 2 N–H and O–H groups in total. The molecule has 0 unspecified atom stereocenters. The van der Waals surface area contributed by atoms with E-state index in [1.54, 1.807) is 36.4 Å². The van der Waals surface area contributed by atoms with E-state index in [9.17, 15) is 17.6 Å². The van der Waals surface area contributed by atoms with Crippen molar-refractivity contribution in [1.82, 2.24) is 19.0 Å². The van der Waals surface area contributed by atoms with Gasteiger partial charge in [-0.25, -0.2) is 36.6 Å². The van der Waals surface area contributed by atoms with Gasteiger partial charge in [0.15, 0.2) is 0 Å². The van der Waals surface area contributed by atoms with Crippen LogP contribution in [0, 0.1) is 13.8 Å². The van der Waals surface area contributed by atoms with Crippen LogP contribution < -0.4 is 10.0 Å². The zero-order valence-corrected chi connectivity index (χ0v) is 16.3. The van der Waals surface area contributed by atoms with Gasteiger partial charge in [-0.05, 0) is 43.5 Å². The van der Waals surface area contributed by atoms with Crippen LogP contribution in [-0.2, 0) is 16.6 Å². The Hall–Kier alpha value is -2.24. The van der Waals surface area contributed by atoms with Gasteiger partial charge in [-0.15, -0.1) is 0 Å². The molecule has 0 fully saturated rings. The molecule has 2 aromatic rings. The van der Waals surface area contributed by atoms with Crippen LogP contribution >= 0.6 is 11.9 Å². The fraction of sp³-hybridized carbons (Fsp3) is 0.312. The van der Waals surface area contributed by atoms with Gasteiger partial charge < -0.3 is 0 Å². The number of anilines is 1. The number of amides is 2. The minimum absolute atomic E-state index is 0.0157. The number of carbonyl (C=O) groups is 1. The largest absolute Gasteiger partial charge is 0.335 e. The van der Waals surface area contributed by atoms with Gasteiger partial charge in [0.1, 0.15) is 11.6 Å². The minimum atomic E-state index is -4.12. The molecular formula is C16H18FN5O3S2. The Morgan fingerprint density at radius 2 is 2.00 bits per heavy atom. The van der Waals surface area contributed by atoms with E-state index in [2.05, 4.69) is 15.3 Å². The quantitative estimate of drug-likeness (QED) is 0.728. The zero-order valence-electron chi connectivity index (χ0n) is 14.7. The molecule has 27 heavy (non-hydrogen) atoms. The van der Waals surface area contributed by atoms with Gasteiger partial charge >= 0.3 is 6.03 Å². The lowest BCUT2D eigenvalue weighted by Crippen LogP contribution is -2.35. The van der Waals surface area contributed by atoms with Crippen molar-refractivity contribution in [2.75, 3.05) is 18.5 Å². The molecule has 0 saturated carbocycles. The number of aromatic nitrogens is 2. The Bertz CT molecular complexity index is 964. The molecule has 144 valence electrons. The molecule has 1 aliphatic heterocycles. The first-order valence-electron chi connectivity index (χ1n) is 8.05. The number of halogens is 1. The summed E-state index contributed by atoms with van der Waals surface area (Å²) in [6, 6.07) is 5.56. The number of carbonyl (C=O) groups excluding carboxylic acids is 1. The van der Waals surface area contributed by atoms with Crippen molar-refractivity contribution in [3.63, 3.8) is 0 Å². The fourth-order valence-electron chi connectivity index (χ4n) is 2.66. The first kappa shape index (κ1) is 19.5. The molecule has 1 aromatic carbocycles. The van der Waals surface area contributed by atoms with E-state index >= 15 is 0 Å². The van der Waals surface area contributed by atoms with Gasteiger partial charge in [0.25, 0.3) is 10.0 Å². The Labute approximate surface area is 160 Å². The van der Waals surface area contributed by atoms with Crippen molar-refractivity contribution in [2.45, 2.75) is 30.2 Å². The van der Waals surface area contributed by atoms with E-state index in [0.717, 1.165) is 5.56 Å². The van der Waals surface area contributed by atoms with Gasteiger partial charge in [0.05, 0.1) is 0 Å². The molecule has 1 aromatic heterocycles. The van der Waals surface area contributed by atoms with Crippen LogP contribution in [0.2, 0.25) is 0 Å². The number of nitrogens with one attached hydrogen (secondary N) is 2. The third-order valence-electron chi connectivity index (χ3n) is 3.69. The molecule has 0 saturated heterocycles. The van der Waals surface area contributed by atoms with E-state index in [4.69, 9.17) is 0 Å². The summed E-state index contributed by atoms with van der Waals surface area (Å²) in [7, 11) is -4.12. The lowest BCUT2D eigenvalue weighted by molar-refractivity contribution is 0.256. The van der Waals surface area contributed by atoms with Gasteiger partial charge in [0, 0.05) is 29.4 Å². The van der Waals surface area contributed by atoms with Crippen LogP contribution in [0.5, 0.6) is 0 Å². The number of fused-ring (bicyclic) bond motifs is 1. The number of rotatable bonds is 5. The summed E-state index contributed by atoms with van der Waals surface area (Å²) in [5, 5.41) is 2.33. The van der Waals surface area contributed by atoms with Crippen LogP contribution in [0.3, 0.4) is 0 Å². The van der Waals surface area contributed by atoms with Crippen LogP contribution in [0.4, 0.5) is 15.1 Å². The van der Waals surface area contributed by atoms with E-state index in [1.807, 2.05) is 4.72 Å². The summed E-state index contributed by atoms with van der Waals surface area (Å²) in [5.41, 5.74) is 2.06. The Balaban J connectivity index is 1.78. The van der Waals surface area contributed by atoms with Gasteiger partial charge in [-0.1, -0.05) is 12.1 Å². The highest BCUT2D eigenvalue weighted by molar-refractivity contribution is 7.98. The van der Waals surface area contributed by atoms with Gasteiger partial charge in [-0.2, -0.15) is 0 Å². The van der Waals surface area contributed by atoms with E-state index in [0.29, 0.717) is 22.8 Å². The van der Waals surface area contributed by atoms with Crippen molar-refractivity contribution in [3.05, 3.63) is 41.2 Å². The first-order valence-corrected chi connectivity index (χ1v) is 10.3. The highest BCUT2D eigenvalue weighted by Crippen LogP contribution is 2.39. The Morgan fingerprint density at radius 1 is 1.30 bits per heavy atom. The molecule has 3 rings (SSSR count). The topological polar surface area (TPSA) is 104 Å². The summed E-state index contributed by atoms with van der Waals surface area (Å²) in [6.45, 7) is 3.58. The van der Waals surface area contributed by atoms with Crippen molar-refractivity contribution in [3.8, 4) is 0 Å². The summed E-state index contributed by atoms with van der Waals surface area (Å²) in [6.07, 6.45) is 0. The van der Waals surface area contributed by atoms with Crippen molar-refractivity contribution >= 4 is 34.0 Å². The fourth-order valence-corrected chi connectivity index (χ4v) is 5.17. The number of benzene rings is 1. The molecule has 0 aliphatic carbocycles. The number of hydrogen-bond donors (Lipinski definition) is 2. The Morgan fingerprint density at radius 3 is 2.67 bits per heavy atom. The second-order valence-corrected chi connectivity index (χ2v) is 8.68. The summed E-state index contributed by atoms with van der Waals surface area (Å²) in [5.74, 6) is 0.0157. The monoisotopic (exact) mass is 411 g/mol. The highest BCUT2D eigenvalue weighted by Gasteiger charge is 2.29. The number of urea groups is 1. The summed E-state index contributed by atoms with van der Waals surface area (Å²) in [4.78, 5) is 20.7. The lowest BCUT2D eigenvalue weighted by Gasteiger charge is -2.12. The highest BCUT2D eigenvalue weighted by atomic mass is 32.2. The number of hydrogen-bond acceptors (Lipinski definition) is 7. The third-order valence-corrected chi connectivity index (χ3v) is 6.42. The van der Waals surface area contributed by atoms with Crippen LogP contribution in [-0.4, -0.2) is 41.9 Å². The van der Waals surface area contributed by atoms with Crippen LogP contribution in [0.15, 0.2) is 34.1 Å². The van der Waals surface area contributed by atoms with E-state index in [-0.39, 0.29) is 17.4 Å². The molecule has 0 radical (unpaired) electrons. The molecule has 2 amide bonds. The normalized spacial score (nSPS) is 14.0. The Kier molecular flexibility index (Phi) is 5.63. The zero-order chi connectivity index (χ0) is 19.6. The summed E-state index contributed by atoms with van der Waals surface area (Å²) < 4.78 is 41.6. The molecule has 11 heteroatoms. The number of sulfonamides is 1. The maximum Gasteiger partial charge on any atom is 0.335 e. The minimum Gasteiger partial charge on any atom is -0.275 e. The maximum atomic E-state index is 12.7. The van der Waals surface area contributed by atoms with Crippen LogP contribution in [0.1, 0.15) is 17.0 Å². The standard InChI is InChI=1S/C16H18FN5O3S2/c1-10-8-11(2)19-15(18-10)20-16(23)21-27(24,25)13-5-3-4-12-9-22(7-6-17)26-14(12)13/h3-5,8H,6-7,9H2,1-2H3,(H2,18,19,20,21,23). The van der Waals surface area contributed by atoms with Crippen molar-refractivity contribution in [2.24, 2.45) is 0 Å². The van der Waals surface area contributed by atoms with Crippen LogP contribution in [0.25, 0.3) is 0 Å². The van der Waals surface area contributed by atoms with E-state index in [1.165, 1.54) is 18.0 Å². The molecular weight excluding hydrogens is 393 g/mol.